The number of amides is 1. The van der Waals surface area contributed by atoms with Crippen molar-refractivity contribution in [3.05, 3.63) is 35.9 Å². The Balaban J connectivity index is 1.78. The van der Waals surface area contributed by atoms with Crippen LogP contribution in [0.4, 0.5) is 0 Å². The number of esters is 1. The van der Waals surface area contributed by atoms with Gasteiger partial charge in [0, 0.05) is 0 Å². The molecule has 112 valence electrons. The van der Waals surface area contributed by atoms with Gasteiger partial charge < -0.3 is 14.6 Å². The van der Waals surface area contributed by atoms with Gasteiger partial charge in [0.05, 0.1) is 0 Å². The summed E-state index contributed by atoms with van der Waals surface area (Å²) in [4.78, 5) is 33.7. The number of carboxylic acid groups (broad SMARTS) is 1. The molecule has 1 aliphatic rings. The molecule has 1 saturated heterocycles. The van der Waals surface area contributed by atoms with Gasteiger partial charge in [0.2, 0.25) is 0 Å². The van der Waals surface area contributed by atoms with E-state index in [0.29, 0.717) is 5.01 Å². The second kappa shape index (κ2) is 6.33. The van der Waals surface area contributed by atoms with E-state index in [0.717, 1.165) is 5.56 Å². The number of carbonyl (C=O) groups is 3. The lowest BCUT2D eigenvalue weighted by atomic mass is 10.2. The van der Waals surface area contributed by atoms with E-state index >= 15 is 0 Å². The Labute approximate surface area is 120 Å². The first kappa shape index (κ1) is 14.9. The van der Waals surface area contributed by atoms with Crippen molar-refractivity contribution in [3.8, 4) is 0 Å². The molecular formula is C13H14N2O6. The van der Waals surface area contributed by atoms with E-state index in [1.807, 2.05) is 6.07 Å². The Hall–Kier alpha value is -2.45. The number of hydrazine groups is 1. The van der Waals surface area contributed by atoms with Crippen LogP contribution >= 0.6 is 0 Å². The van der Waals surface area contributed by atoms with Gasteiger partial charge in [-0.25, -0.2) is 10.6 Å². The molecule has 0 aliphatic carbocycles. The minimum atomic E-state index is -1.25. The molecule has 21 heavy (non-hydrogen) atoms. The van der Waals surface area contributed by atoms with Crippen LogP contribution in [0.5, 0.6) is 0 Å². The fraction of sp³-hybridized carbons (Fsp3) is 0.308. The molecule has 1 unspecified atom stereocenters. The van der Waals surface area contributed by atoms with Gasteiger partial charge in [0.1, 0.15) is 13.2 Å². The second-order valence-electron chi connectivity index (χ2n) is 4.43. The van der Waals surface area contributed by atoms with Crippen molar-refractivity contribution >= 4 is 17.8 Å². The minimum Gasteiger partial charge on any atom is -0.480 e. The molecule has 2 atom stereocenters. The zero-order valence-electron chi connectivity index (χ0n) is 11.0. The maximum absolute atomic E-state index is 11.7. The molecule has 1 aromatic carbocycles. The second-order valence-corrected chi connectivity index (χ2v) is 4.43. The first-order valence-electron chi connectivity index (χ1n) is 6.13. The summed E-state index contributed by atoms with van der Waals surface area (Å²) >= 11 is 0. The van der Waals surface area contributed by atoms with Gasteiger partial charge in [-0.15, -0.1) is 0 Å². The van der Waals surface area contributed by atoms with Gasteiger partial charge in [-0.2, -0.15) is 0 Å². The first-order valence-corrected chi connectivity index (χ1v) is 6.13. The highest BCUT2D eigenvalue weighted by Gasteiger charge is 2.53. The van der Waals surface area contributed by atoms with Gasteiger partial charge >= 0.3 is 11.9 Å². The topological polar surface area (TPSA) is 122 Å². The van der Waals surface area contributed by atoms with Crippen molar-refractivity contribution in [3.63, 3.8) is 0 Å². The largest absolute Gasteiger partial charge is 0.480 e. The fourth-order valence-electron chi connectivity index (χ4n) is 1.68. The third-order valence-corrected chi connectivity index (χ3v) is 2.78. The number of aliphatic carboxylic acids is 1. The Morgan fingerprint density at radius 1 is 1.24 bits per heavy atom. The molecular weight excluding hydrogens is 280 g/mol. The fourth-order valence-corrected chi connectivity index (χ4v) is 1.68. The zero-order valence-corrected chi connectivity index (χ0v) is 11.0. The average Bonchev–Trinajstić information content (AvgIpc) is 3.24. The Kier molecular flexibility index (Phi) is 4.51. The smallest absolute Gasteiger partial charge is 0.338 e. The van der Waals surface area contributed by atoms with Gasteiger partial charge in [0.25, 0.3) is 5.91 Å². The number of epoxide rings is 1. The maximum atomic E-state index is 11.7. The van der Waals surface area contributed by atoms with Crippen LogP contribution < -0.4 is 5.84 Å². The number of hydrogen-bond donors (Lipinski definition) is 2. The van der Waals surface area contributed by atoms with E-state index in [2.05, 4.69) is 0 Å². The van der Waals surface area contributed by atoms with Crippen LogP contribution in [-0.2, 0) is 30.5 Å². The predicted octanol–water partition coefficient (Wildman–Crippen LogP) is -0.716. The molecule has 2 rings (SSSR count). The molecule has 1 heterocycles. The summed E-state index contributed by atoms with van der Waals surface area (Å²) < 4.78 is 9.89. The van der Waals surface area contributed by atoms with Gasteiger partial charge in [0.15, 0.2) is 12.2 Å². The summed E-state index contributed by atoms with van der Waals surface area (Å²) in [5.41, 5.74) is 0.806. The predicted molar refractivity (Wildman–Crippen MR) is 68.4 cm³/mol. The Bertz CT molecular complexity index is 547. The van der Waals surface area contributed by atoms with Crippen LogP contribution in [0, 0.1) is 0 Å². The van der Waals surface area contributed by atoms with Gasteiger partial charge in [-0.05, 0) is 5.56 Å². The molecule has 0 saturated carbocycles. The highest BCUT2D eigenvalue weighted by molar-refractivity contribution is 5.93. The van der Waals surface area contributed by atoms with Gasteiger partial charge in [-0.1, -0.05) is 30.3 Å². The summed E-state index contributed by atoms with van der Waals surface area (Å²) in [5, 5.41) is 9.01. The molecule has 1 amide bonds. The number of carbonyl (C=O) groups excluding carboxylic acids is 2. The van der Waals surface area contributed by atoms with E-state index < -0.39 is 36.6 Å². The summed E-state index contributed by atoms with van der Waals surface area (Å²) in [5.74, 6) is 2.56. The molecule has 3 N–H and O–H groups in total. The van der Waals surface area contributed by atoms with Crippen LogP contribution in [0.25, 0.3) is 0 Å². The van der Waals surface area contributed by atoms with Crippen LogP contribution in [-0.4, -0.2) is 46.7 Å². The standard InChI is InChI=1S/C13H14N2O6/c14-15(6-9(16)17)12(18)10-11(21-10)13(19)20-7-8-4-2-1-3-5-8/h1-5,10-11H,6-7,14H2,(H,16,17)/t10?,11-/m0/s1. The van der Waals surface area contributed by atoms with Crippen molar-refractivity contribution in [2.75, 3.05) is 6.54 Å². The molecule has 8 heteroatoms. The number of ether oxygens (including phenoxy) is 2. The molecule has 8 nitrogen and oxygen atoms in total. The third-order valence-electron chi connectivity index (χ3n) is 2.78. The number of nitrogens with two attached hydrogens (primary N) is 1. The van der Waals surface area contributed by atoms with Crippen molar-refractivity contribution in [2.24, 2.45) is 5.84 Å². The molecule has 0 radical (unpaired) electrons. The van der Waals surface area contributed by atoms with Crippen LogP contribution in [0.1, 0.15) is 5.56 Å². The zero-order chi connectivity index (χ0) is 15.4. The molecule has 0 aromatic heterocycles. The Morgan fingerprint density at radius 2 is 1.90 bits per heavy atom. The number of carboxylic acids is 1. The van der Waals surface area contributed by atoms with E-state index in [-0.39, 0.29) is 6.61 Å². The normalized spacial score (nSPS) is 19.7. The van der Waals surface area contributed by atoms with Crippen molar-refractivity contribution in [1.82, 2.24) is 5.01 Å². The summed E-state index contributed by atoms with van der Waals surface area (Å²) in [6.07, 6.45) is -2.10. The van der Waals surface area contributed by atoms with Crippen LogP contribution in [0.2, 0.25) is 0 Å². The molecule has 1 aromatic rings. The van der Waals surface area contributed by atoms with Gasteiger partial charge in [-0.3, -0.25) is 14.6 Å². The van der Waals surface area contributed by atoms with Crippen molar-refractivity contribution < 1.29 is 29.0 Å². The molecule has 1 fully saturated rings. The van der Waals surface area contributed by atoms with E-state index in [4.69, 9.17) is 20.4 Å². The Morgan fingerprint density at radius 3 is 2.52 bits per heavy atom. The monoisotopic (exact) mass is 294 g/mol. The van der Waals surface area contributed by atoms with E-state index in [9.17, 15) is 14.4 Å². The minimum absolute atomic E-state index is 0.0713. The van der Waals surface area contributed by atoms with Crippen LogP contribution in [0.15, 0.2) is 30.3 Å². The quantitative estimate of drug-likeness (QED) is 0.233. The molecule has 0 bridgehead atoms. The lowest BCUT2D eigenvalue weighted by Crippen LogP contribution is -2.44. The summed E-state index contributed by atoms with van der Waals surface area (Å²) in [6, 6.07) is 9.03. The molecule has 1 aliphatic heterocycles. The lowest BCUT2D eigenvalue weighted by molar-refractivity contribution is -0.146. The number of nitrogens with zero attached hydrogens (tertiary/aromatic N) is 1. The summed E-state index contributed by atoms with van der Waals surface area (Å²) in [6.45, 7) is -0.591. The van der Waals surface area contributed by atoms with E-state index in [1.54, 1.807) is 24.3 Å². The average molecular weight is 294 g/mol. The third kappa shape index (κ3) is 4.01. The highest BCUT2D eigenvalue weighted by Crippen LogP contribution is 2.25. The maximum Gasteiger partial charge on any atom is 0.338 e. The number of rotatable bonds is 6. The van der Waals surface area contributed by atoms with E-state index in [1.165, 1.54) is 0 Å². The highest BCUT2D eigenvalue weighted by atomic mass is 16.6. The number of benzene rings is 1. The first-order chi connectivity index (χ1) is 9.99. The molecule has 0 spiro atoms. The van der Waals surface area contributed by atoms with Crippen molar-refractivity contribution in [2.45, 2.75) is 18.8 Å². The van der Waals surface area contributed by atoms with Crippen molar-refractivity contribution in [1.29, 1.82) is 0 Å². The SMILES string of the molecule is NN(CC(=O)O)C(=O)C1O[C@@H]1C(=O)OCc1ccccc1. The van der Waals surface area contributed by atoms with Crippen LogP contribution in [0.3, 0.4) is 0 Å². The number of hydrogen-bond acceptors (Lipinski definition) is 6. The summed E-state index contributed by atoms with van der Waals surface area (Å²) in [7, 11) is 0. The lowest BCUT2D eigenvalue weighted by Gasteiger charge is -2.11.